The molecule has 0 amide bonds. The molecule has 4 heteroatoms. The molecule has 1 heterocycles. The van der Waals surface area contributed by atoms with Crippen LogP contribution >= 0.6 is 0 Å². The Morgan fingerprint density at radius 3 is 2.50 bits per heavy atom. The molecule has 122 valence electrons. The summed E-state index contributed by atoms with van der Waals surface area (Å²) in [7, 11) is 2.16. The topological polar surface area (TPSA) is 43.8 Å². The van der Waals surface area contributed by atoms with E-state index in [9.17, 15) is 9.90 Å². The van der Waals surface area contributed by atoms with Crippen LogP contribution in [0.4, 0.5) is 0 Å². The third kappa shape index (κ3) is 4.82. The van der Waals surface area contributed by atoms with Gasteiger partial charge in [0.1, 0.15) is 0 Å². The summed E-state index contributed by atoms with van der Waals surface area (Å²) in [6, 6.07) is 5.64. The number of unbranched alkanes of at least 4 members (excludes halogenated alkanes) is 2. The number of hydrogen-bond donors (Lipinski definition) is 1. The van der Waals surface area contributed by atoms with E-state index in [-0.39, 0.29) is 0 Å². The van der Waals surface area contributed by atoms with Crippen molar-refractivity contribution < 1.29 is 9.90 Å². The maximum atomic E-state index is 11.2. The highest BCUT2D eigenvalue weighted by Gasteiger charge is 2.16. The second-order valence-electron chi connectivity index (χ2n) is 6.33. The monoisotopic (exact) mass is 304 g/mol. The number of likely N-dealkylation sites (N-methyl/N-ethyl adjacent to an activating group) is 1. The molecule has 0 bridgehead atoms. The highest BCUT2D eigenvalue weighted by molar-refractivity contribution is 5.87. The summed E-state index contributed by atoms with van der Waals surface area (Å²) in [6.45, 7) is 7.53. The lowest BCUT2D eigenvalue weighted by atomic mass is 9.98. The first-order chi connectivity index (χ1) is 10.6. The Hall–Kier alpha value is -1.39. The van der Waals surface area contributed by atoms with Gasteiger partial charge in [0.2, 0.25) is 0 Å². The molecule has 2 rings (SSSR count). The predicted molar refractivity (Wildman–Crippen MR) is 89.4 cm³/mol. The van der Waals surface area contributed by atoms with Crippen LogP contribution in [0.25, 0.3) is 0 Å². The molecular weight excluding hydrogens is 276 g/mol. The highest BCUT2D eigenvalue weighted by Crippen LogP contribution is 2.18. The van der Waals surface area contributed by atoms with Gasteiger partial charge in [-0.15, -0.1) is 0 Å². The van der Waals surface area contributed by atoms with E-state index in [1.54, 1.807) is 6.07 Å². The molecule has 0 atom stereocenters. The summed E-state index contributed by atoms with van der Waals surface area (Å²) in [5.74, 6) is -0.831. The van der Waals surface area contributed by atoms with Crippen molar-refractivity contribution in [1.82, 2.24) is 9.80 Å². The molecule has 1 fully saturated rings. The van der Waals surface area contributed by atoms with Crippen LogP contribution in [0.5, 0.6) is 0 Å². The average molecular weight is 304 g/mol. The number of carboxylic acids is 1. The van der Waals surface area contributed by atoms with Crippen LogP contribution < -0.4 is 0 Å². The standard InChI is InChI=1S/C18H28N2O2/c1-3-4-5-6-15-13-16(18(21)22)7-8-17(15)14-20-11-9-19(2)10-12-20/h7-8,13H,3-6,9-12,14H2,1-2H3,(H,21,22). The van der Waals surface area contributed by atoms with Crippen LogP contribution in [0.3, 0.4) is 0 Å². The van der Waals surface area contributed by atoms with Gasteiger partial charge in [-0.05, 0) is 43.1 Å². The number of carbonyl (C=O) groups is 1. The van der Waals surface area contributed by atoms with E-state index >= 15 is 0 Å². The van der Waals surface area contributed by atoms with E-state index in [4.69, 9.17) is 0 Å². The van der Waals surface area contributed by atoms with Gasteiger partial charge in [0, 0.05) is 32.7 Å². The molecule has 0 saturated carbocycles. The molecule has 0 aromatic heterocycles. The first-order valence-corrected chi connectivity index (χ1v) is 8.36. The van der Waals surface area contributed by atoms with Gasteiger partial charge >= 0.3 is 5.97 Å². The molecule has 0 unspecified atom stereocenters. The Morgan fingerprint density at radius 1 is 1.14 bits per heavy atom. The average Bonchev–Trinajstić information content (AvgIpc) is 2.51. The maximum Gasteiger partial charge on any atom is 0.335 e. The Kier molecular flexibility index (Phi) is 6.40. The third-order valence-corrected chi connectivity index (χ3v) is 4.49. The van der Waals surface area contributed by atoms with Crippen molar-refractivity contribution in [3.63, 3.8) is 0 Å². The van der Waals surface area contributed by atoms with Crippen molar-refractivity contribution in [3.05, 3.63) is 34.9 Å². The first kappa shape index (κ1) is 17.0. The molecule has 1 aliphatic heterocycles. The van der Waals surface area contributed by atoms with E-state index in [2.05, 4.69) is 23.8 Å². The Balaban J connectivity index is 2.08. The number of hydrogen-bond acceptors (Lipinski definition) is 3. The van der Waals surface area contributed by atoms with Gasteiger partial charge in [-0.3, -0.25) is 4.90 Å². The lowest BCUT2D eigenvalue weighted by molar-refractivity contribution is 0.0696. The first-order valence-electron chi connectivity index (χ1n) is 8.36. The fraction of sp³-hybridized carbons (Fsp3) is 0.611. The molecule has 4 nitrogen and oxygen atoms in total. The number of rotatable bonds is 7. The summed E-state index contributed by atoms with van der Waals surface area (Å²) in [6.07, 6.45) is 4.50. The van der Waals surface area contributed by atoms with Crippen LogP contribution in [-0.2, 0) is 13.0 Å². The quantitative estimate of drug-likeness (QED) is 0.787. The van der Waals surface area contributed by atoms with Crippen molar-refractivity contribution in [2.75, 3.05) is 33.2 Å². The van der Waals surface area contributed by atoms with Crippen molar-refractivity contribution in [2.45, 2.75) is 39.2 Å². The summed E-state index contributed by atoms with van der Waals surface area (Å²) >= 11 is 0. The third-order valence-electron chi connectivity index (χ3n) is 4.49. The molecule has 1 saturated heterocycles. The zero-order valence-corrected chi connectivity index (χ0v) is 13.8. The summed E-state index contributed by atoms with van der Waals surface area (Å²) < 4.78 is 0. The Labute approximate surface area is 133 Å². The fourth-order valence-corrected chi connectivity index (χ4v) is 2.96. The minimum absolute atomic E-state index is 0.411. The SMILES string of the molecule is CCCCCc1cc(C(=O)O)ccc1CN1CCN(C)CC1. The second-order valence-corrected chi connectivity index (χ2v) is 6.33. The van der Waals surface area contributed by atoms with E-state index in [1.807, 2.05) is 12.1 Å². The van der Waals surface area contributed by atoms with Gasteiger partial charge in [0.25, 0.3) is 0 Å². The number of aromatic carboxylic acids is 1. The fourth-order valence-electron chi connectivity index (χ4n) is 2.96. The molecule has 1 aromatic rings. The molecule has 0 spiro atoms. The van der Waals surface area contributed by atoms with Gasteiger partial charge in [0.15, 0.2) is 0 Å². The molecule has 1 aliphatic rings. The van der Waals surface area contributed by atoms with Crippen LogP contribution in [0, 0.1) is 0 Å². The molecule has 0 aliphatic carbocycles. The zero-order valence-electron chi connectivity index (χ0n) is 13.8. The van der Waals surface area contributed by atoms with Gasteiger partial charge in [-0.25, -0.2) is 4.79 Å². The van der Waals surface area contributed by atoms with Gasteiger partial charge in [-0.2, -0.15) is 0 Å². The molecule has 0 radical (unpaired) electrons. The lowest BCUT2D eigenvalue weighted by Crippen LogP contribution is -2.44. The Morgan fingerprint density at radius 2 is 1.86 bits per heavy atom. The van der Waals surface area contributed by atoms with Gasteiger partial charge < -0.3 is 10.0 Å². The van der Waals surface area contributed by atoms with E-state index < -0.39 is 5.97 Å². The van der Waals surface area contributed by atoms with E-state index in [0.29, 0.717) is 5.56 Å². The van der Waals surface area contributed by atoms with Crippen LogP contribution in [-0.4, -0.2) is 54.1 Å². The predicted octanol–water partition coefficient (Wildman–Crippen LogP) is 2.86. The summed E-state index contributed by atoms with van der Waals surface area (Å²) in [4.78, 5) is 16.0. The minimum Gasteiger partial charge on any atom is -0.478 e. The van der Waals surface area contributed by atoms with Crippen molar-refractivity contribution in [2.24, 2.45) is 0 Å². The largest absolute Gasteiger partial charge is 0.478 e. The normalized spacial score (nSPS) is 16.8. The number of benzene rings is 1. The van der Waals surface area contributed by atoms with Crippen molar-refractivity contribution in [3.8, 4) is 0 Å². The number of piperazine rings is 1. The summed E-state index contributed by atoms with van der Waals surface area (Å²) in [5.41, 5.74) is 2.92. The smallest absolute Gasteiger partial charge is 0.335 e. The van der Waals surface area contributed by atoms with E-state index in [1.165, 1.54) is 24.0 Å². The maximum absolute atomic E-state index is 11.2. The van der Waals surface area contributed by atoms with Crippen LogP contribution in [0.1, 0.15) is 47.7 Å². The van der Waals surface area contributed by atoms with E-state index in [0.717, 1.165) is 45.6 Å². The van der Waals surface area contributed by atoms with Crippen molar-refractivity contribution >= 4 is 5.97 Å². The number of nitrogens with zero attached hydrogens (tertiary/aromatic N) is 2. The highest BCUT2D eigenvalue weighted by atomic mass is 16.4. The van der Waals surface area contributed by atoms with Gasteiger partial charge in [0.05, 0.1) is 5.56 Å². The molecule has 1 N–H and O–H groups in total. The van der Waals surface area contributed by atoms with Gasteiger partial charge in [-0.1, -0.05) is 25.8 Å². The number of carboxylic acid groups (broad SMARTS) is 1. The van der Waals surface area contributed by atoms with Crippen LogP contribution in [0.2, 0.25) is 0 Å². The minimum atomic E-state index is -0.831. The number of aryl methyl sites for hydroxylation is 1. The van der Waals surface area contributed by atoms with Crippen LogP contribution in [0.15, 0.2) is 18.2 Å². The second kappa shape index (κ2) is 8.30. The Bertz CT molecular complexity index is 494. The zero-order chi connectivity index (χ0) is 15.9. The lowest BCUT2D eigenvalue weighted by Gasteiger charge is -2.32. The molecule has 22 heavy (non-hydrogen) atoms. The molecular formula is C18H28N2O2. The van der Waals surface area contributed by atoms with Crippen molar-refractivity contribution in [1.29, 1.82) is 0 Å². The summed E-state index contributed by atoms with van der Waals surface area (Å²) in [5, 5.41) is 9.21. The molecule has 1 aromatic carbocycles.